The van der Waals surface area contributed by atoms with Crippen LogP contribution < -0.4 is 5.19 Å². The van der Waals surface area contributed by atoms with E-state index in [1.807, 2.05) is 0 Å². The molecule has 19 heavy (non-hydrogen) atoms. The van der Waals surface area contributed by atoms with Crippen LogP contribution in [-0.2, 0) is 0 Å². The Kier molecular flexibility index (Phi) is 4.59. The Morgan fingerprint density at radius 3 is 1.84 bits per heavy atom. The summed E-state index contributed by atoms with van der Waals surface area (Å²) in [5.41, 5.74) is 2.70. The highest BCUT2D eigenvalue weighted by atomic mass is 28.3. The van der Waals surface area contributed by atoms with E-state index < -0.39 is 8.07 Å². The van der Waals surface area contributed by atoms with Gasteiger partial charge in [0, 0.05) is 0 Å². The van der Waals surface area contributed by atoms with Crippen molar-refractivity contribution in [2.45, 2.75) is 38.9 Å². The quantitative estimate of drug-likeness (QED) is 0.664. The molecule has 1 heteroatoms. The van der Waals surface area contributed by atoms with Gasteiger partial charge in [-0.2, -0.15) is 0 Å². The van der Waals surface area contributed by atoms with E-state index in [0.29, 0.717) is 0 Å². The Labute approximate surface area is 118 Å². The second-order valence-corrected chi connectivity index (χ2v) is 10.5. The lowest BCUT2D eigenvalue weighted by Gasteiger charge is -2.29. The normalized spacial score (nSPS) is 11.5. The summed E-state index contributed by atoms with van der Waals surface area (Å²) in [6.45, 7) is 7.11. The van der Waals surface area contributed by atoms with Crippen LogP contribution in [0.4, 0.5) is 0 Å². The lowest BCUT2D eigenvalue weighted by molar-refractivity contribution is 1.19. The third kappa shape index (κ3) is 2.81. The maximum absolute atomic E-state index is 2.44. The number of hydrogen-bond acceptors (Lipinski definition) is 0. The predicted molar refractivity (Wildman–Crippen MR) is 88.7 cm³/mol. The molecular formula is C18H24Si. The van der Waals surface area contributed by atoms with Crippen molar-refractivity contribution < 1.29 is 0 Å². The molecule has 0 saturated heterocycles. The van der Waals surface area contributed by atoms with Crippen molar-refractivity contribution in [1.82, 2.24) is 0 Å². The molecule has 0 radical (unpaired) electrons. The lowest BCUT2D eigenvalue weighted by Crippen LogP contribution is -2.45. The van der Waals surface area contributed by atoms with E-state index in [1.54, 1.807) is 5.19 Å². The van der Waals surface area contributed by atoms with Crippen molar-refractivity contribution in [1.29, 1.82) is 0 Å². The summed E-state index contributed by atoms with van der Waals surface area (Å²) < 4.78 is 0. The topological polar surface area (TPSA) is 0 Å². The van der Waals surface area contributed by atoms with Gasteiger partial charge in [0.15, 0.2) is 0 Å². The van der Waals surface area contributed by atoms with Crippen LogP contribution in [0.25, 0.3) is 11.1 Å². The molecule has 0 fully saturated rings. The molecule has 0 heterocycles. The molecule has 0 aliphatic carbocycles. The van der Waals surface area contributed by atoms with Crippen molar-refractivity contribution in [3.05, 3.63) is 54.6 Å². The Hall–Kier alpha value is -1.34. The smallest absolute Gasteiger partial charge is 0.0675 e. The standard InChI is InChI=1S/C18H24Si/c1-4-19(5-2,6-3)18-14-10-13-17(15-18)16-11-8-7-9-12-16/h7-15H,4-6H2,1-3H3. The van der Waals surface area contributed by atoms with Crippen molar-refractivity contribution in [3.8, 4) is 11.1 Å². The fourth-order valence-electron chi connectivity index (χ4n) is 3.02. The molecule has 0 unspecified atom stereocenters. The van der Waals surface area contributed by atoms with Crippen molar-refractivity contribution in [2.75, 3.05) is 0 Å². The second kappa shape index (κ2) is 6.20. The molecule has 0 amide bonds. The maximum atomic E-state index is 2.44. The molecule has 0 atom stereocenters. The first kappa shape index (κ1) is 14.1. The summed E-state index contributed by atoms with van der Waals surface area (Å²) in [6.07, 6.45) is 0. The van der Waals surface area contributed by atoms with Crippen LogP contribution in [-0.4, -0.2) is 8.07 Å². The van der Waals surface area contributed by atoms with Gasteiger partial charge in [0.2, 0.25) is 0 Å². The molecule has 2 aromatic rings. The first-order chi connectivity index (χ1) is 9.25. The highest BCUT2D eigenvalue weighted by Crippen LogP contribution is 2.23. The fraction of sp³-hybridized carbons (Fsp3) is 0.333. The summed E-state index contributed by atoms with van der Waals surface area (Å²) in [7, 11) is -1.26. The molecule has 0 nitrogen and oxygen atoms in total. The summed E-state index contributed by atoms with van der Waals surface area (Å²) in [5, 5.41) is 1.63. The number of rotatable bonds is 5. The molecule has 0 spiro atoms. The molecule has 0 bridgehead atoms. The van der Waals surface area contributed by atoms with Gasteiger partial charge in [-0.15, -0.1) is 0 Å². The fourth-order valence-corrected chi connectivity index (χ4v) is 6.66. The Morgan fingerprint density at radius 2 is 1.26 bits per heavy atom. The molecule has 0 aliphatic heterocycles. The maximum Gasteiger partial charge on any atom is 0.0859 e. The average Bonchev–Trinajstić information content (AvgIpc) is 2.51. The van der Waals surface area contributed by atoms with Crippen LogP contribution in [0.3, 0.4) is 0 Å². The van der Waals surface area contributed by atoms with Gasteiger partial charge in [-0.1, -0.05) is 98.7 Å². The Bertz CT molecular complexity index is 504. The summed E-state index contributed by atoms with van der Waals surface area (Å²) >= 11 is 0. The monoisotopic (exact) mass is 268 g/mol. The Morgan fingerprint density at radius 1 is 0.684 bits per heavy atom. The molecule has 0 aromatic heterocycles. The van der Waals surface area contributed by atoms with Crippen LogP contribution in [0.1, 0.15) is 20.8 Å². The number of benzene rings is 2. The third-order valence-corrected chi connectivity index (χ3v) is 10.2. The minimum absolute atomic E-state index is 1.26. The zero-order chi connectivity index (χ0) is 13.7. The zero-order valence-corrected chi connectivity index (χ0v) is 13.3. The summed E-state index contributed by atoms with van der Waals surface area (Å²) in [5.74, 6) is 0. The summed E-state index contributed by atoms with van der Waals surface area (Å²) in [4.78, 5) is 0. The Balaban J connectivity index is 2.45. The van der Waals surface area contributed by atoms with Gasteiger partial charge < -0.3 is 0 Å². The summed E-state index contributed by atoms with van der Waals surface area (Å²) in [6, 6.07) is 24.0. The minimum Gasteiger partial charge on any atom is -0.0675 e. The van der Waals surface area contributed by atoms with Crippen LogP contribution in [0.15, 0.2) is 54.6 Å². The van der Waals surface area contributed by atoms with Crippen molar-refractivity contribution in [2.24, 2.45) is 0 Å². The molecule has 0 N–H and O–H groups in total. The molecule has 2 rings (SSSR count). The lowest BCUT2D eigenvalue weighted by atomic mass is 10.1. The van der Waals surface area contributed by atoms with E-state index in [1.165, 1.54) is 29.3 Å². The van der Waals surface area contributed by atoms with Crippen molar-refractivity contribution >= 4 is 13.3 Å². The molecule has 100 valence electrons. The van der Waals surface area contributed by atoms with Gasteiger partial charge >= 0.3 is 0 Å². The second-order valence-electron chi connectivity index (χ2n) is 5.29. The molecular weight excluding hydrogens is 244 g/mol. The first-order valence-corrected chi connectivity index (χ1v) is 10.0. The minimum atomic E-state index is -1.26. The highest BCUT2D eigenvalue weighted by molar-refractivity contribution is 6.91. The van der Waals surface area contributed by atoms with E-state index in [9.17, 15) is 0 Å². The van der Waals surface area contributed by atoms with Gasteiger partial charge in [0.25, 0.3) is 0 Å². The van der Waals surface area contributed by atoms with Gasteiger partial charge in [0.1, 0.15) is 0 Å². The van der Waals surface area contributed by atoms with Gasteiger partial charge in [-0.3, -0.25) is 0 Å². The zero-order valence-electron chi connectivity index (χ0n) is 12.3. The number of hydrogen-bond donors (Lipinski definition) is 0. The molecule has 2 aromatic carbocycles. The van der Waals surface area contributed by atoms with Crippen LogP contribution in [0.5, 0.6) is 0 Å². The van der Waals surface area contributed by atoms with E-state index in [2.05, 4.69) is 75.4 Å². The van der Waals surface area contributed by atoms with E-state index in [4.69, 9.17) is 0 Å². The van der Waals surface area contributed by atoms with Gasteiger partial charge in [-0.25, -0.2) is 0 Å². The first-order valence-electron chi connectivity index (χ1n) is 7.41. The average molecular weight is 268 g/mol. The van der Waals surface area contributed by atoms with E-state index in [-0.39, 0.29) is 0 Å². The van der Waals surface area contributed by atoms with Crippen LogP contribution in [0.2, 0.25) is 18.1 Å². The molecule has 0 saturated carbocycles. The van der Waals surface area contributed by atoms with E-state index >= 15 is 0 Å². The van der Waals surface area contributed by atoms with Crippen molar-refractivity contribution in [3.63, 3.8) is 0 Å². The van der Waals surface area contributed by atoms with Crippen LogP contribution >= 0.6 is 0 Å². The highest BCUT2D eigenvalue weighted by Gasteiger charge is 2.28. The van der Waals surface area contributed by atoms with Gasteiger partial charge in [-0.05, 0) is 11.1 Å². The predicted octanol–water partition coefficient (Wildman–Crippen LogP) is 5.07. The van der Waals surface area contributed by atoms with Crippen LogP contribution in [0, 0.1) is 0 Å². The molecule has 0 aliphatic rings. The SMILES string of the molecule is CC[Si](CC)(CC)c1cccc(-c2ccccc2)c1. The largest absolute Gasteiger partial charge is 0.0859 e. The third-order valence-electron chi connectivity index (χ3n) is 4.61. The van der Waals surface area contributed by atoms with Gasteiger partial charge in [0.05, 0.1) is 8.07 Å². The van der Waals surface area contributed by atoms with E-state index in [0.717, 1.165) is 0 Å².